The number of likely N-dealkylation sites (tertiary alicyclic amines) is 1. The van der Waals surface area contributed by atoms with Crippen molar-refractivity contribution in [3.8, 4) is 0 Å². The molecule has 1 unspecified atom stereocenters. The third kappa shape index (κ3) is 2.74. The second kappa shape index (κ2) is 5.14. The van der Waals surface area contributed by atoms with Crippen molar-refractivity contribution in [1.29, 1.82) is 0 Å². The first-order valence-corrected chi connectivity index (χ1v) is 5.56. The van der Waals surface area contributed by atoms with Gasteiger partial charge in [0.05, 0.1) is 19.9 Å². The average molecular weight is 237 g/mol. The van der Waals surface area contributed by atoms with Crippen molar-refractivity contribution in [3.63, 3.8) is 0 Å². The van der Waals surface area contributed by atoms with E-state index in [9.17, 15) is 9.59 Å². The van der Waals surface area contributed by atoms with Gasteiger partial charge in [0.15, 0.2) is 0 Å². The van der Waals surface area contributed by atoms with Crippen LogP contribution in [0.4, 0.5) is 0 Å². The molecule has 0 amide bonds. The van der Waals surface area contributed by atoms with Crippen LogP contribution in [0.2, 0.25) is 0 Å². The molecule has 1 aliphatic rings. The number of hydrogen-bond donors (Lipinski definition) is 0. The van der Waals surface area contributed by atoms with E-state index in [1.54, 1.807) is 6.26 Å². The summed E-state index contributed by atoms with van der Waals surface area (Å²) >= 11 is 0. The Bertz CT molecular complexity index is 391. The molecule has 2 heterocycles. The molecule has 0 bridgehead atoms. The van der Waals surface area contributed by atoms with E-state index in [0.717, 1.165) is 5.76 Å². The zero-order valence-corrected chi connectivity index (χ0v) is 9.72. The number of piperidine rings is 1. The van der Waals surface area contributed by atoms with Gasteiger partial charge in [-0.25, -0.2) is 0 Å². The molecule has 1 atom stereocenters. The van der Waals surface area contributed by atoms with Crippen molar-refractivity contribution in [2.45, 2.75) is 13.0 Å². The molecule has 1 aromatic heterocycles. The molecule has 17 heavy (non-hydrogen) atoms. The number of furan rings is 1. The van der Waals surface area contributed by atoms with Crippen molar-refractivity contribution >= 4 is 11.8 Å². The minimum atomic E-state index is -0.649. The first-order valence-electron chi connectivity index (χ1n) is 5.56. The number of rotatable bonds is 3. The highest BCUT2D eigenvalue weighted by Crippen LogP contribution is 2.17. The predicted octanol–water partition coefficient (Wildman–Crippen LogP) is 0.844. The maximum absolute atomic E-state index is 11.6. The summed E-state index contributed by atoms with van der Waals surface area (Å²) in [5.74, 6) is -0.293. The van der Waals surface area contributed by atoms with Crippen LogP contribution in [-0.4, -0.2) is 36.9 Å². The van der Waals surface area contributed by atoms with Gasteiger partial charge in [-0.1, -0.05) is 0 Å². The molecule has 0 saturated carbocycles. The number of carbonyl (C=O) groups is 2. The van der Waals surface area contributed by atoms with Crippen molar-refractivity contribution in [1.82, 2.24) is 4.90 Å². The van der Waals surface area contributed by atoms with Crippen LogP contribution in [-0.2, 0) is 20.9 Å². The molecule has 0 N–H and O–H groups in total. The minimum Gasteiger partial charge on any atom is -0.468 e. The van der Waals surface area contributed by atoms with Crippen molar-refractivity contribution < 1.29 is 18.7 Å². The Hall–Kier alpha value is -1.62. The maximum atomic E-state index is 11.6. The Morgan fingerprint density at radius 3 is 3.12 bits per heavy atom. The van der Waals surface area contributed by atoms with Gasteiger partial charge in [-0.3, -0.25) is 14.5 Å². The quantitative estimate of drug-likeness (QED) is 0.576. The van der Waals surface area contributed by atoms with Gasteiger partial charge < -0.3 is 9.15 Å². The molecular weight excluding hydrogens is 222 g/mol. The first-order chi connectivity index (χ1) is 8.20. The molecular formula is C12H15NO4. The first kappa shape index (κ1) is 11.9. The summed E-state index contributed by atoms with van der Waals surface area (Å²) < 4.78 is 9.88. The van der Waals surface area contributed by atoms with E-state index >= 15 is 0 Å². The number of carbonyl (C=O) groups excluding carboxylic acids is 2. The number of Topliss-reactive ketones (excluding diaryl/α,β-unsaturated/α-hetero) is 1. The topological polar surface area (TPSA) is 59.8 Å². The van der Waals surface area contributed by atoms with Gasteiger partial charge in [-0.2, -0.15) is 0 Å². The molecule has 92 valence electrons. The lowest BCUT2D eigenvalue weighted by molar-refractivity contribution is -0.152. The van der Waals surface area contributed by atoms with Crippen LogP contribution in [0.5, 0.6) is 0 Å². The van der Waals surface area contributed by atoms with Crippen LogP contribution in [0.3, 0.4) is 0 Å². The zero-order valence-electron chi connectivity index (χ0n) is 9.72. The van der Waals surface area contributed by atoms with Gasteiger partial charge in [0.1, 0.15) is 17.5 Å². The molecule has 1 aromatic rings. The summed E-state index contributed by atoms with van der Waals surface area (Å²) in [5, 5.41) is 0. The number of ketones is 1. The number of methoxy groups -OCH3 is 1. The molecule has 5 heteroatoms. The van der Waals surface area contributed by atoms with E-state index in [1.807, 2.05) is 17.0 Å². The number of ether oxygens (including phenoxy) is 1. The maximum Gasteiger partial charge on any atom is 0.317 e. The van der Waals surface area contributed by atoms with Crippen LogP contribution >= 0.6 is 0 Å². The van der Waals surface area contributed by atoms with E-state index in [0.29, 0.717) is 26.1 Å². The number of esters is 1. The van der Waals surface area contributed by atoms with Crippen LogP contribution < -0.4 is 0 Å². The van der Waals surface area contributed by atoms with Crippen LogP contribution in [0.15, 0.2) is 22.8 Å². The van der Waals surface area contributed by atoms with Gasteiger partial charge >= 0.3 is 5.97 Å². The van der Waals surface area contributed by atoms with Crippen LogP contribution in [0.1, 0.15) is 12.2 Å². The van der Waals surface area contributed by atoms with E-state index in [4.69, 9.17) is 4.42 Å². The van der Waals surface area contributed by atoms with Crippen LogP contribution in [0.25, 0.3) is 0 Å². The molecule has 0 aliphatic carbocycles. The average Bonchev–Trinajstić information content (AvgIpc) is 2.83. The third-order valence-electron chi connectivity index (χ3n) is 2.95. The monoisotopic (exact) mass is 237 g/mol. The zero-order chi connectivity index (χ0) is 12.3. The smallest absolute Gasteiger partial charge is 0.317 e. The lowest BCUT2D eigenvalue weighted by Gasteiger charge is -2.29. The standard InChI is InChI=1S/C12H15NO4/c1-16-12(15)10-8-13(5-4-11(10)14)7-9-3-2-6-17-9/h2-3,6,10H,4-5,7-8H2,1H3. The molecule has 1 aliphatic heterocycles. The van der Waals surface area contributed by atoms with Crippen molar-refractivity contribution in [3.05, 3.63) is 24.2 Å². The molecule has 5 nitrogen and oxygen atoms in total. The van der Waals surface area contributed by atoms with Gasteiger partial charge in [-0.05, 0) is 12.1 Å². The summed E-state index contributed by atoms with van der Waals surface area (Å²) in [6.07, 6.45) is 2.00. The van der Waals surface area contributed by atoms with Crippen LogP contribution in [0, 0.1) is 5.92 Å². The predicted molar refractivity (Wildman–Crippen MR) is 59.1 cm³/mol. The van der Waals surface area contributed by atoms with E-state index in [1.165, 1.54) is 7.11 Å². The lowest BCUT2D eigenvalue weighted by Crippen LogP contribution is -2.44. The van der Waals surface area contributed by atoms with E-state index < -0.39 is 11.9 Å². The third-order valence-corrected chi connectivity index (χ3v) is 2.95. The fourth-order valence-corrected chi connectivity index (χ4v) is 2.01. The summed E-state index contributed by atoms with van der Waals surface area (Å²) in [4.78, 5) is 25.1. The Labute approximate surface area is 99.3 Å². The second-order valence-corrected chi connectivity index (χ2v) is 4.11. The Morgan fingerprint density at radius 2 is 2.47 bits per heavy atom. The van der Waals surface area contributed by atoms with Gasteiger partial charge in [0.25, 0.3) is 0 Å². The van der Waals surface area contributed by atoms with Gasteiger partial charge in [-0.15, -0.1) is 0 Å². The van der Waals surface area contributed by atoms with E-state index in [2.05, 4.69) is 4.74 Å². The largest absolute Gasteiger partial charge is 0.468 e. The summed E-state index contributed by atoms with van der Waals surface area (Å²) in [6.45, 7) is 1.69. The minimum absolute atomic E-state index is 0.0347. The van der Waals surface area contributed by atoms with Gasteiger partial charge in [0.2, 0.25) is 0 Å². The Kier molecular flexibility index (Phi) is 3.58. The van der Waals surface area contributed by atoms with Gasteiger partial charge in [0, 0.05) is 19.5 Å². The molecule has 2 rings (SSSR count). The molecule has 1 saturated heterocycles. The second-order valence-electron chi connectivity index (χ2n) is 4.11. The number of nitrogens with zero attached hydrogens (tertiary/aromatic N) is 1. The fourth-order valence-electron chi connectivity index (χ4n) is 2.01. The summed E-state index contributed by atoms with van der Waals surface area (Å²) in [5.41, 5.74) is 0. The highest BCUT2D eigenvalue weighted by molar-refractivity contribution is 5.99. The molecule has 0 radical (unpaired) electrons. The fraction of sp³-hybridized carbons (Fsp3) is 0.500. The SMILES string of the molecule is COC(=O)C1CN(Cc2ccco2)CCC1=O. The highest BCUT2D eigenvalue weighted by atomic mass is 16.5. The van der Waals surface area contributed by atoms with E-state index in [-0.39, 0.29) is 5.78 Å². The van der Waals surface area contributed by atoms with Crippen molar-refractivity contribution in [2.24, 2.45) is 5.92 Å². The highest BCUT2D eigenvalue weighted by Gasteiger charge is 2.33. The molecule has 0 aromatic carbocycles. The van der Waals surface area contributed by atoms with Crippen molar-refractivity contribution in [2.75, 3.05) is 20.2 Å². The number of hydrogen-bond acceptors (Lipinski definition) is 5. The lowest BCUT2D eigenvalue weighted by atomic mass is 9.96. The Morgan fingerprint density at radius 1 is 1.65 bits per heavy atom. The summed E-state index contributed by atoms with van der Waals surface area (Å²) in [7, 11) is 1.31. The molecule has 0 spiro atoms. The molecule has 1 fully saturated rings. The normalized spacial score (nSPS) is 21.5. The summed E-state index contributed by atoms with van der Waals surface area (Å²) in [6, 6.07) is 3.70. The Balaban J connectivity index is 1.98.